The van der Waals surface area contributed by atoms with Crippen molar-refractivity contribution >= 4 is 39.0 Å². The Hall–Kier alpha value is -2.62. The highest BCUT2D eigenvalue weighted by molar-refractivity contribution is 7.17. The van der Waals surface area contributed by atoms with E-state index in [1.807, 2.05) is 13.8 Å². The van der Waals surface area contributed by atoms with Gasteiger partial charge < -0.3 is 29.6 Å². The number of hydrogen-bond acceptors (Lipinski definition) is 7. The van der Waals surface area contributed by atoms with Crippen molar-refractivity contribution in [2.45, 2.75) is 38.3 Å². The van der Waals surface area contributed by atoms with Gasteiger partial charge in [0.05, 0.1) is 38.2 Å². The van der Waals surface area contributed by atoms with Gasteiger partial charge in [-0.05, 0) is 44.0 Å². The van der Waals surface area contributed by atoms with Gasteiger partial charge in [0.2, 0.25) is 0 Å². The van der Waals surface area contributed by atoms with E-state index in [0.717, 1.165) is 66.9 Å². The van der Waals surface area contributed by atoms with E-state index in [0.29, 0.717) is 13.2 Å². The molecule has 0 bridgehead atoms. The van der Waals surface area contributed by atoms with Crippen molar-refractivity contribution in [3.8, 4) is 0 Å². The van der Waals surface area contributed by atoms with Crippen molar-refractivity contribution in [1.29, 1.82) is 0 Å². The quantitative estimate of drug-likeness (QED) is 0.596. The molecule has 0 spiro atoms. The van der Waals surface area contributed by atoms with Crippen LogP contribution in [0.2, 0.25) is 0 Å². The summed E-state index contributed by atoms with van der Waals surface area (Å²) in [6.45, 7) is 9.61. The average molecular weight is 482 g/mol. The van der Waals surface area contributed by atoms with Crippen LogP contribution in [0.3, 0.4) is 0 Å². The molecule has 3 aliphatic heterocycles. The van der Waals surface area contributed by atoms with Gasteiger partial charge in [-0.1, -0.05) is 11.3 Å². The maximum atomic E-state index is 12.6. The Morgan fingerprint density at radius 2 is 2.00 bits per heavy atom. The fourth-order valence-electron chi connectivity index (χ4n) is 5.27. The third-order valence-electron chi connectivity index (χ3n) is 7.01. The molecule has 0 saturated carbocycles. The summed E-state index contributed by atoms with van der Waals surface area (Å²) in [5.74, 6) is -0.00733. The minimum Gasteiger partial charge on any atom is -0.378 e. The molecule has 2 aromatic heterocycles. The van der Waals surface area contributed by atoms with Crippen LogP contribution in [-0.4, -0.2) is 73.5 Å². The van der Waals surface area contributed by atoms with E-state index >= 15 is 0 Å². The maximum absolute atomic E-state index is 12.6. The Morgan fingerprint density at radius 1 is 1.18 bits per heavy atom. The second-order valence-electron chi connectivity index (χ2n) is 10.1. The number of benzene rings is 1. The van der Waals surface area contributed by atoms with Crippen molar-refractivity contribution < 1.29 is 14.3 Å². The SMILES string of the molecule is CC1(C)Cc2nc(N3CCOC[C@@H]3Cc3c[nH]c4ccc(N5CCOCC5)cc34)sc2C(=O)N1. The van der Waals surface area contributed by atoms with Crippen LogP contribution in [0, 0.1) is 0 Å². The highest BCUT2D eigenvalue weighted by Gasteiger charge is 2.35. The second-order valence-corrected chi connectivity index (χ2v) is 11.0. The zero-order chi connectivity index (χ0) is 23.3. The van der Waals surface area contributed by atoms with E-state index in [9.17, 15) is 4.79 Å². The number of carbonyl (C=O) groups excluding carboxylic acids is 1. The number of morpholine rings is 2. The molecule has 5 heterocycles. The van der Waals surface area contributed by atoms with Gasteiger partial charge in [0.15, 0.2) is 5.13 Å². The third-order valence-corrected chi connectivity index (χ3v) is 8.14. The Balaban J connectivity index is 1.27. The van der Waals surface area contributed by atoms with Crippen LogP contribution >= 0.6 is 11.3 Å². The topological polar surface area (TPSA) is 82.7 Å². The lowest BCUT2D eigenvalue weighted by Crippen LogP contribution is -2.48. The van der Waals surface area contributed by atoms with Gasteiger partial charge in [-0.25, -0.2) is 4.98 Å². The van der Waals surface area contributed by atoms with Crippen molar-refractivity contribution in [2.24, 2.45) is 0 Å². The molecule has 0 radical (unpaired) electrons. The molecule has 2 N–H and O–H groups in total. The number of carbonyl (C=O) groups is 1. The molecule has 0 aliphatic carbocycles. The molecule has 3 aromatic rings. The second kappa shape index (κ2) is 8.55. The first-order valence-corrected chi connectivity index (χ1v) is 12.9. The number of rotatable bonds is 4. The van der Waals surface area contributed by atoms with E-state index in [1.54, 1.807) is 0 Å². The molecule has 1 atom stereocenters. The average Bonchev–Trinajstić information content (AvgIpc) is 3.43. The molecular weight excluding hydrogens is 450 g/mol. The zero-order valence-corrected chi connectivity index (χ0v) is 20.5. The lowest BCUT2D eigenvalue weighted by Gasteiger charge is -2.35. The molecule has 9 heteroatoms. The van der Waals surface area contributed by atoms with Gasteiger partial charge in [-0.15, -0.1) is 0 Å². The lowest BCUT2D eigenvalue weighted by atomic mass is 9.94. The molecule has 1 amide bonds. The summed E-state index contributed by atoms with van der Waals surface area (Å²) in [5.41, 5.74) is 4.34. The molecule has 180 valence electrons. The zero-order valence-electron chi connectivity index (χ0n) is 19.7. The molecule has 3 aliphatic rings. The standard InChI is InChI=1S/C25H31N5O3S/c1-25(2)13-21-22(23(31)28-25)34-24(27-21)30-7-10-33-15-18(30)11-16-14-26-20-4-3-17(12-19(16)20)29-5-8-32-9-6-29/h3-4,12,14,18,26H,5-11,13,15H2,1-2H3,(H,28,31)/t18-/m0/s1. The molecule has 0 unspecified atom stereocenters. The fourth-order valence-corrected chi connectivity index (χ4v) is 6.34. The molecule has 2 fully saturated rings. The number of hydrogen-bond donors (Lipinski definition) is 2. The molecule has 2 saturated heterocycles. The van der Waals surface area contributed by atoms with Crippen LogP contribution in [0.5, 0.6) is 0 Å². The number of nitrogens with zero attached hydrogens (tertiary/aromatic N) is 3. The van der Waals surface area contributed by atoms with Gasteiger partial charge in [0, 0.05) is 54.4 Å². The first-order valence-electron chi connectivity index (χ1n) is 12.1. The summed E-state index contributed by atoms with van der Waals surface area (Å²) in [6, 6.07) is 6.84. The summed E-state index contributed by atoms with van der Waals surface area (Å²) in [6.07, 6.45) is 3.74. The van der Waals surface area contributed by atoms with Crippen LogP contribution in [0.1, 0.15) is 34.8 Å². The maximum Gasteiger partial charge on any atom is 0.263 e. The third kappa shape index (κ3) is 4.06. The summed E-state index contributed by atoms with van der Waals surface area (Å²) >= 11 is 1.51. The van der Waals surface area contributed by atoms with Crippen molar-refractivity contribution in [3.05, 3.63) is 40.5 Å². The minimum absolute atomic E-state index is 0.00733. The summed E-state index contributed by atoms with van der Waals surface area (Å²) in [4.78, 5) is 26.5. The Bertz CT molecular complexity index is 1210. The number of H-pyrrole nitrogens is 1. The van der Waals surface area contributed by atoms with Crippen molar-refractivity contribution in [3.63, 3.8) is 0 Å². The summed E-state index contributed by atoms with van der Waals surface area (Å²) in [7, 11) is 0. The van der Waals surface area contributed by atoms with E-state index in [4.69, 9.17) is 14.5 Å². The molecule has 6 rings (SSSR count). The summed E-state index contributed by atoms with van der Waals surface area (Å²) in [5, 5.41) is 5.29. The van der Waals surface area contributed by atoms with Crippen LogP contribution in [0.15, 0.2) is 24.4 Å². The van der Waals surface area contributed by atoms with Gasteiger partial charge >= 0.3 is 0 Å². The normalized spacial score (nSPS) is 22.6. The first kappa shape index (κ1) is 21.9. The molecule has 8 nitrogen and oxygen atoms in total. The van der Waals surface area contributed by atoms with Crippen molar-refractivity contribution in [2.75, 3.05) is 55.9 Å². The van der Waals surface area contributed by atoms with E-state index in [-0.39, 0.29) is 17.5 Å². The molecular formula is C25H31N5O3S. The Kier molecular flexibility index (Phi) is 5.50. The minimum atomic E-state index is -0.262. The molecule has 34 heavy (non-hydrogen) atoms. The number of ether oxygens (including phenoxy) is 2. The Labute approximate surface area is 203 Å². The fraction of sp³-hybridized carbons (Fsp3) is 0.520. The van der Waals surface area contributed by atoms with Gasteiger partial charge in [0.1, 0.15) is 4.88 Å². The van der Waals surface area contributed by atoms with Gasteiger partial charge in [-0.3, -0.25) is 4.79 Å². The predicted molar refractivity (Wildman–Crippen MR) is 134 cm³/mol. The number of aromatic nitrogens is 2. The summed E-state index contributed by atoms with van der Waals surface area (Å²) < 4.78 is 11.4. The van der Waals surface area contributed by atoms with Gasteiger partial charge in [0.25, 0.3) is 5.91 Å². The first-order chi connectivity index (χ1) is 16.5. The monoisotopic (exact) mass is 481 g/mol. The van der Waals surface area contributed by atoms with Crippen molar-refractivity contribution in [1.82, 2.24) is 15.3 Å². The number of nitrogens with one attached hydrogen (secondary N) is 2. The number of anilines is 2. The smallest absolute Gasteiger partial charge is 0.263 e. The van der Waals surface area contributed by atoms with E-state index < -0.39 is 0 Å². The molecule has 1 aromatic carbocycles. The van der Waals surface area contributed by atoms with E-state index in [1.165, 1.54) is 28.0 Å². The predicted octanol–water partition coefficient (Wildman–Crippen LogP) is 2.97. The van der Waals surface area contributed by atoms with Gasteiger partial charge in [-0.2, -0.15) is 0 Å². The van der Waals surface area contributed by atoms with Crippen LogP contribution in [0.25, 0.3) is 10.9 Å². The largest absolute Gasteiger partial charge is 0.378 e. The number of thiazole rings is 1. The Morgan fingerprint density at radius 3 is 2.85 bits per heavy atom. The number of aromatic amines is 1. The van der Waals surface area contributed by atoms with Crippen LogP contribution in [0.4, 0.5) is 10.8 Å². The lowest BCUT2D eigenvalue weighted by molar-refractivity contribution is 0.0900. The number of fused-ring (bicyclic) bond motifs is 2. The van der Waals surface area contributed by atoms with Crippen LogP contribution < -0.4 is 15.1 Å². The van der Waals surface area contributed by atoms with Crippen LogP contribution in [-0.2, 0) is 22.3 Å². The van der Waals surface area contributed by atoms with E-state index in [2.05, 4.69) is 44.5 Å². The highest BCUT2D eigenvalue weighted by atomic mass is 32.1. The highest BCUT2D eigenvalue weighted by Crippen LogP contribution is 2.35. The number of amides is 1.